The lowest BCUT2D eigenvalue weighted by atomic mass is 9.94. The van der Waals surface area contributed by atoms with Crippen molar-refractivity contribution in [3.8, 4) is 5.75 Å². The van der Waals surface area contributed by atoms with Gasteiger partial charge in [0.2, 0.25) is 11.8 Å². The fraction of sp³-hybridized carbons (Fsp3) is 0.640. The predicted octanol–water partition coefficient (Wildman–Crippen LogP) is 3.95. The predicted molar refractivity (Wildman–Crippen MR) is 127 cm³/mol. The molecule has 1 aromatic rings. The summed E-state index contributed by atoms with van der Waals surface area (Å²) >= 11 is 0. The number of likely N-dealkylation sites (N-methyl/N-ethyl adjacent to an activating group) is 1. The lowest BCUT2D eigenvalue weighted by Crippen LogP contribution is -2.52. The van der Waals surface area contributed by atoms with Crippen molar-refractivity contribution in [3.63, 3.8) is 0 Å². The molecule has 8 heteroatoms. The summed E-state index contributed by atoms with van der Waals surface area (Å²) in [5.74, 6) is -0.782. The van der Waals surface area contributed by atoms with Crippen LogP contribution in [-0.2, 0) is 14.3 Å². The molecular weight excluding hydrogens is 422 g/mol. The fourth-order valence-electron chi connectivity index (χ4n) is 4.14. The van der Waals surface area contributed by atoms with Crippen LogP contribution in [0.3, 0.4) is 0 Å². The number of amides is 3. The van der Waals surface area contributed by atoms with E-state index in [-0.39, 0.29) is 24.2 Å². The molecule has 2 unspecified atom stereocenters. The monoisotopic (exact) mass is 461 g/mol. The van der Waals surface area contributed by atoms with Gasteiger partial charge in [0.05, 0.1) is 0 Å². The number of ether oxygens (including phenoxy) is 1. The highest BCUT2D eigenvalue weighted by Gasteiger charge is 2.36. The van der Waals surface area contributed by atoms with Crippen molar-refractivity contribution in [2.75, 3.05) is 6.54 Å². The number of benzene rings is 1. The largest absolute Gasteiger partial charge is 0.507 e. The Morgan fingerprint density at radius 1 is 1.18 bits per heavy atom. The molecular formula is C25H39N3O5. The van der Waals surface area contributed by atoms with Crippen molar-refractivity contribution in [3.05, 3.63) is 29.3 Å². The maximum absolute atomic E-state index is 13.5. The summed E-state index contributed by atoms with van der Waals surface area (Å²) < 4.78 is 5.26. The first-order valence-corrected chi connectivity index (χ1v) is 11.8. The van der Waals surface area contributed by atoms with E-state index >= 15 is 0 Å². The molecule has 1 fully saturated rings. The van der Waals surface area contributed by atoms with Crippen molar-refractivity contribution < 1.29 is 24.2 Å². The number of nitrogens with one attached hydrogen (secondary N) is 2. The molecule has 0 aromatic heterocycles. The van der Waals surface area contributed by atoms with Gasteiger partial charge < -0.3 is 25.4 Å². The summed E-state index contributed by atoms with van der Waals surface area (Å²) in [6.45, 7) is 10.5. The van der Waals surface area contributed by atoms with Crippen molar-refractivity contribution in [2.24, 2.45) is 0 Å². The van der Waals surface area contributed by atoms with E-state index in [4.69, 9.17) is 4.74 Å². The van der Waals surface area contributed by atoms with Crippen LogP contribution >= 0.6 is 0 Å². The standard InChI is InChI=1S/C25H39N3O5/c1-7-28(23(31)17(3)26-24(32)33-25(4,5)6)20(19-15-11-12-16(2)21(19)29)22(30)27-18-13-9-8-10-14-18/h11-12,15,17-18,20,29H,7-10,13-14H2,1-6H3,(H,26,32)(H,27,30). The third kappa shape index (κ3) is 7.37. The minimum atomic E-state index is -1.02. The van der Waals surface area contributed by atoms with E-state index in [0.717, 1.165) is 32.1 Å². The Morgan fingerprint density at radius 2 is 1.82 bits per heavy atom. The minimum Gasteiger partial charge on any atom is -0.507 e. The van der Waals surface area contributed by atoms with Gasteiger partial charge >= 0.3 is 6.09 Å². The molecule has 1 aliphatic carbocycles. The molecule has 0 aliphatic heterocycles. The van der Waals surface area contributed by atoms with Crippen molar-refractivity contribution in [1.82, 2.24) is 15.5 Å². The number of carbonyl (C=O) groups is 3. The van der Waals surface area contributed by atoms with Gasteiger partial charge in [-0.25, -0.2) is 4.79 Å². The first-order chi connectivity index (χ1) is 15.4. The number of aryl methyl sites for hydroxylation is 1. The molecule has 184 valence electrons. The zero-order valence-corrected chi connectivity index (χ0v) is 20.7. The van der Waals surface area contributed by atoms with Gasteiger partial charge in [0.1, 0.15) is 23.4 Å². The molecule has 0 spiro atoms. The van der Waals surface area contributed by atoms with Gasteiger partial charge in [-0.1, -0.05) is 37.5 Å². The highest BCUT2D eigenvalue weighted by Crippen LogP contribution is 2.32. The molecule has 0 radical (unpaired) electrons. The second-order valence-corrected chi connectivity index (χ2v) is 9.75. The number of alkyl carbamates (subject to hydrolysis) is 1. The zero-order valence-electron chi connectivity index (χ0n) is 20.7. The van der Waals surface area contributed by atoms with Crippen LogP contribution in [0.4, 0.5) is 4.79 Å². The molecule has 0 bridgehead atoms. The van der Waals surface area contributed by atoms with Crippen molar-refractivity contribution >= 4 is 17.9 Å². The summed E-state index contributed by atoms with van der Waals surface area (Å²) in [6, 6.07) is 3.27. The molecule has 1 aromatic carbocycles. The second kappa shape index (κ2) is 11.4. The summed E-state index contributed by atoms with van der Waals surface area (Å²) in [4.78, 5) is 40.5. The van der Waals surface area contributed by atoms with Crippen LogP contribution in [0.1, 0.15) is 83.9 Å². The topological polar surface area (TPSA) is 108 Å². The zero-order chi connectivity index (χ0) is 24.8. The quantitative estimate of drug-likeness (QED) is 0.570. The Balaban J connectivity index is 2.32. The minimum absolute atomic E-state index is 0.0136. The number of phenolic OH excluding ortho intramolecular Hbond substituents is 1. The Morgan fingerprint density at radius 3 is 2.39 bits per heavy atom. The molecule has 1 saturated carbocycles. The maximum Gasteiger partial charge on any atom is 0.408 e. The molecule has 0 saturated heterocycles. The van der Waals surface area contributed by atoms with E-state index in [1.54, 1.807) is 59.7 Å². The van der Waals surface area contributed by atoms with Crippen LogP contribution in [0.25, 0.3) is 0 Å². The highest BCUT2D eigenvalue weighted by atomic mass is 16.6. The number of hydrogen-bond donors (Lipinski definition) is 3. The van der Waals surface area contributed by atoms with Gasteiger partial charge in [-0.3, -0.25) is 9.59 Å². The number of phenols is 1. The molecule has 3 N–H and O–H groups in total. The lowest BCUT2D eigenvalue weighted by Gasteiger charge is -2.34. The summed E-state index contributed by atoms with van der Waals surface area (Å²) in [6.07, 6.45) is 4.35. The number of nitrogens with zero attached hydrogens (tertiary/aromatic N) is 1. The van der Waals surface area contributed by atoms with E-state index in [0.29, 0.717) is 11.1 Å². The Kier molecular flexibility index (Phi) is 9.14. The highest BCUT2D eigenvalue weighted by molar-refractivity contribution is 5.92. The van der Waals surface area contributed by atoms with Gasteiger partial charge in [0, 0.05) is 18.2 Å². The van der Waals surface area contributed by atoms with Crippen LogP contribution in [0, 0.1) is 6.92 Å². The molecule has 0 heterocycles. The van der Waals surface area contributed by atoms with Crippen LogP contribution in [0.5, 0.6) is 5.75 Å². The van der Waals surface area contributed by atoms with Crippen molar-refractivity contribution in [1.29, 1.82) is 0 Å². The Hall–Kier alpha value is -2.77. The summed E-state index contributed by atoms with van der Waals surface area (Å²) in [5, 5.41) is 16.4. The Labute approximate surface area is 197 Å². The van der Waals surface area contributed by atoms with E-state index in [9.17, 15) is 19.5 Å². The molecule has 1 aliphatic rings. The van der Waals surface area contributed by atoms with E-state index in [1.165, 1.54) is 4.90 Å². The normalized spacial score (nSPS) is 16.4. The van der Waals surface area contributed by atoms with E-state index in [1.807, 2.05) is 0 Å². The van der Waals surface area contributed by atoms with Gasteiger partial charge in [0.25, 0.3) is 0 Å². The van der Waals surface area contributed by atoms with Gasteiger partial charge in [-0.15, -0.1) is 0 Å². The summed E-state index contributed by atoms with van der Waals surface area (Å²) in [7, 11) is 0. The molecule has 2 rings (SSSR count). The fourth-order valence-corrected chi connectivity index (χ4v) is 4.14. The molecule has 3 amide bonds. The summed E-state index contributed by atoms with van der Waals surface area (Å²) in [5.41, 5.74) is 0.280. The van der Waals surface area contributed by atoms with Crippen LogP contribution < -0.4 is 10.6 Å². The number of aromatic hydroxyl groups is 1. The van der Waals surface area contributed by atoms with Crippen LogP contribution in [0.15, 0.2) is 18.2 Å². The third-order valence-electron chi connectivity index (χ3n) is 5.80. The van der Waals surface area contributed by atoms with Gasteiger partial charge in [0.15, 0.2) is 0 Å². The lowest BCUT2D eigenvalue weighted by molar-refractivity contribution is -0.142. The number of carbonyl (C=O) groups excluding carboxylic acids is 3. The average Bonchev–Trinajstić information content (AvgIpc) is 2.73. The van der Waals surface area contributed by atoms with Crippen LogP contribution in [0.2, 0.25) is 0 Å². The first kappa shape index (κ1) is 26.5. The number of rotatable bonds is 7. The van der Waals surface area contributed by atoms with Crippen LogP contribution in [-0.4, -0.2) is 52.1 Å². The molecule has 2 atom stereocenters. The van der Waals surface area contributed by atoms with Gasteiger partial charge in [-0.05, 0) is 59.9 Å². The van der Waals surface area contributed by atoms with E-state index in [2.05, 4.69) is 10.6 Å². The number of para-hydroxylation sites is 1. The first-order valence-electron chi connectivity index (χ1n) is 11.8. The molecule has 33 heavy (non-hydrogen) atoms. The Bertz CT molecular complexity index is 843. The third-order valence-corrected chi connectivity index (χ3v) is 5.80. The maximum atomic E-state index is 13.5. The molecule has 8 nitrogen and oxygen atoms in total. The van der Waals surface area contributed by atoms with Crippen molar-refractivity contribution in [2.45, 2.75) is 97.4 Å². The van der Waals surface area contributed by atoms with Gasteiger partial charge in [-0.2, -0.15) is 0 Å². The smallest absolute Gasteiger partial charge is 0.408 e. The van der Waals surface area contributed by atoms with E-state index < -0.39 is 29.7 Å². The number of hydrogen-bond acceptors (Lipinski definition) is 5. The average molecular weight is 462 g/mol. The SMILES string of the molecule is CCN(C(=O)C(C)NC(=O)OC(C)(C)C)C(C(=O)NC1CCCCC1)c1cccc(C)c1O. The second-order valence-electron chi connectivity index (χ2n) is 9.75.